The first kappa shape index (κ1) is 14.2. The average Bonchev–Trinajstić information content (AvgIpc) is 3.06. The highest BCUT2D eigenvalue weighted by molar-refractivity contribution is 5.56. The molecule has 0 saturated carbocycles. The number of aliphatic hydroxyl groups is 1. The number of halogens is 2. The Labute approximate surface area is 121 Å². The Balaban J connectivity index is 1.73. The Bertz CT molecular complexity index is 617. The van der Waals surface area contributed by atoms with E-state index in [0.29, 0.717) is 30.2 Å². The standard InChI is InChI=1S/C15H16F2N2O2/c16-11-3-1-2-10(4-11)14-6-18-15(21-14)8-19-7-12(17)5-13(19)9-20/h1-4,6,12-13,20H,5,7-9H2/t12-,13-/m0/s1. The molecule has 0 aliphatic carbocycles. The fraction of sp³-hybridized carbons (Fsp3) is 0.400. The molecule has 1 aliphatic heterocycles. The summed E-state index contributed by atoms with van der Waals surface area (Å²) in [6.45, 7) is 0.516. The second-order valence-electron chi connectivity index (χ2n) is 5.23. The van der Waals surface area contributed by atoms with Crippen LogP contribution in [0.4, 0.5) is 8.78 Å². The van der Waals surface area contributed by atoms with Crippen molar-refractivity contribution in [2.75, 3.05) is 13.2 Å². The third kappa shape index (κ3) is 3.11. The SMILES string of the molecule is OC[C@@H]1C[C@H](F)CN1Cc1ncc(-c2cccc(F)c2)o1. The van der Waals surface area contributed by atoms with Gasteiger partial charge in [-0.3, -0.25) is 4.90 Å². The van der Waals surface area contributed by atoms with Crippen LogP contribution in [-0.4, -0.2) is 40.4 Å². The van der Waals surface area contributed by atoms with Crippen LogP contribution >= 0.6 is 0 Å². The predicted molar refractivity (Wildman–Crippen MR) is 72.7 cm³/mol. The molecule has 2 heterocycles. The minimum atomic E-state index is -0.931. The van der Waals surface area contributed by atoms with E-state index in [0.717, 1.165) is 0 Å². The van der Waals surface area contributed by atoms with Crippen LogP contribution in [0.1, 0.15) is 12.3 Å². The van der Waals surface area contributed by atoms with Gasteiger partial charge in [-0.05, 0) is 18.6 Å². The Kier molecular flexibility index (Phi) is 3.98. The van der Waals surface area contributed by atoms with E-state index < -0.39 is 6.17 Å². The van der Waals surface area contributed by atoms with Crippen molar-refractivity contribution in [3.63, 3.8) is 0 Å². The number of aromatic nitrogens is 1. The molecule has 2 atom stereocenters. The summed E-state index contributed by atoms with van der Waals surface area (Å²) in [7, 11) is 0. The maximum atomic E-state index is 13.4. The maximum absolute atomic E-state index is 13.4. The van der Waals surface area contributed by atoms with E-state index in [4.69, 9.17) is 4.42 Å². The first-order valence-corrected chi connectivity index (χ1v) is 6.85. The van der Waals surface area contributed by atoms with Crippen molar-refractivity contribution in [3.05, 3.63) is 42.2 Å². The van der Waals surface area contributed by atoms with Gasteiger partial charge in [-0.1, -0.05) is 12.1 Å². The molecule has 3 rings (SSSR count). The lowest BCUT2D eigenvalue weighted by molar-refractivity contribution is 0.144. The van der Waals surface area contributed by atoms with Crippen molar-refractivity contribution in [1.82, 2.24) is 9.88 Å². The molecule has 1 aromatic heterocycles. The molecule has 4 nitrogen and oxygen atoms in total. The smallest absolute Gasteiger partial charge is 0.209 e. The maximum Gasteiger partial charge on any atom is 0.209 e. The van der Waals surface area contributed by atoms with E-state index in [2.05, 4.69) is 4.98 Å². The van der Waals surface area contributed by atoms with Crippen LogP contribution in [0.15, 0.2) is 34.9 Å². The van der Waals surface area contributed by atoms with Crippen molar-refractivity contribution in [1.29, 1.82) is 0 Å². The lowest BCUT2D eigenvalue weighted by atomic mass is 10.2. The van der Waals surface area contributed by atoms with Gasteiger partial charge in [0, 0.05) is 18.2 Å². The van der Waals surface area contributed by atoms with Crippen LogP contribution in [0.3, 0.4) is 0 Å². The predicted octanol–water partition coefficient (Wildman–Crippen LogP) is 2.39. The Morgan fingerprint density at radius 2 is 2.29 bits per heavy atom. The Morgan fingerprint density at radius 3 is 3.05 bits per heavy atom. The lowest BCUT2D eigenvalue weighted by Gasteiger charge is -2.19. The summed E-state index contributed by atoms with van der Waals surface area (Å²) in [5, 5.41) is 9.24. The summed E-state index contributed by atoms with van der Waals surface area (Å²) in [6.07, 6.45) is 0.925. The fourth-order valence-electron chi connectivity index (χ4n) is 2.64. The van der Waals surface area contributed by atoms with Crippen LogP contribution in [0.5, 0.6) is 0 Å². The number of oxazole rings is 1. The zero-order chi connectivity index (χ0) is 14.8. The first-order valence-electron chi connectivity index (χ1n) is 6.85. The highest BCUT2D eigenvalue weighted by Crippen LogP contribution is 2.25. The van der Waals surface area contributed by atoms with Gasteiger partial charge >= 0.3 is 0 Å². The molecule has 1 saturated heterocycles. The normalized spacial score (nSPS) is 22.8. The van der Waals surface area contributed by atoms with Gasteiger partial charge in [0.25, 0.3) is 0 Å². The molecule has 112 valence electrons. The fourth-order valence-corrected chi connectivity index (χ4v) is 2.64. The molecule has 0 amide bonds. The number of benzene rings is 1. The van der Waals surface area contributed by atoms with Gasteiger partial charge in [0.2, 0.25) is 5.89 Å². The van der Waals surface area contributed by atoms with Gasteiger partial charge in [0.05, 0.1) is 19.3 Å². The highest BCUT2D eigenvalue weighted by atomic mass is 19.1. The summed E-state index contributed by atoms with van der Waals surface area (Å²) in [6, 6.07) is 5.86. The second-order valence-corrected chi connectivity index (χ2v) is 5.23. The molecule has 1 aromatic carbocycles. The molecule has 0 unspecified atom stereocenters. The summed E-state index contributed by atoms with van der Waals surface area (Å²) < 4.78 is 32.2. The summed E-state index contributed by atoms with van der Waals surface area (Å²) in [5.41, 5.74) is 0.609. The highest BCUT2D eigenvalue weighted by Gasteiger charge is 2.32. The van der Waals surface area contributed by atoms with Crippen LogP contribution in [0.2, 0.25) is 0 Å². The third-order valence-electron chi connectivity index (χ3n) is 3.69. The van der Waals surface area contributed by atoms with Crippen LogP contribution in [0, 0.1) is 5.82 Å². The van der Waals surface area contributed by atoms with Crippen LogP contribution in [-0.2, 0) is 6.54 Å². The van der Waals surface area contributed by atoms with Gasteiger partial charge < -0.3 is 9.52 Å². The lowest BCUT2D eigenvalue weighted by Crippen LogP contribution is -2.31. The second kappa shape index (κ2) is 5.91. The zero-order valence-corrected chi connectivity index (χ0v) is 11.4. The number of hydrogen-bond acceptors (Lipinski definition) is 4. The number of rotatable bonds is 4. The number of hydrogen-bond donors (Lipinski definition) is 1. The quantitative estimate of drug-likeness (QED) is 0.940. The minimum absolute atomic E-state index is 0.0854. The van der Waals surface area contributed by atoms with Gasteiger partial charge in [0.1, 0.15) is 12.0 Å². The Morgan fingerprint density at radius 1 is 1.43 bits per heavy atom. The molecule has 1 N–H and O–H groups in total. The van der Waals surface area contributed by atoms with Gasteiger partial charge in [-0.25, -0.2) is 13.8 Å². The molecule has 21 heavy (non-hydrogen) atoms. The summed E-state index contributed by atoms with van der Waals surface area (Å²) >= 11 is 0. The van der Waals surface area contributed by atoms with E-state index in [9.17, 15) is 13.9 Å². The first-order chi connectivity index (χ1) is 10.2. The zero-order valence-electron chi connectivity index (χ0n) is 11.4. The van der Waals surface area contributed by atoms with Crippen LogP contribution < -0.4 is 0 Å². The van der Waals surface area contributed by atoms with Crippen molar-refractivity contribution in [2.24, 2.45) is 0 Å². The van der Waals surface area contributed by atoms with E-state index >= 15 is 0 Å². The largest absolute Gasteiger partial charge is 0.439 e. The van der Waals surface area contributed by atoms with E-state index in [1.807, 2.05) is 4.90 Å². The van der Waals surface area contributed by atoms with E-state index in [1.165, 1.54) is 18.3 Å². The van der Waals surface area contributed by atoms with Crippen molar-refractivity contribution in [2.45, 2.75) is 25.2 Å². The molecule has 1 aliphatic rings. The molecule has 1 fully saturated rings. The molecule has 0 spiro atoms. The molecule has 0 radical (unpaired) electrons. The van der Waals surface area contributed by atoms with Crippen molar-refractivity contribution < 1.29 is 18.3 Å². The third-order valence-corrected chi connectivity index (χ3v) is 3.69. The summed E-state index contributed by atoms with van der Waals surface area (Å²) in [4.78, 5) is 5.96. The van der Waals surface area contributed by atoms with Gasteiger partial charge in [-0.2, -0.15) is 0 Å². The number of aliphatic hydroxyl groups excluding tert-OH is 1. The number of nitrogens with zero attached hydrogens (tertiary/aromatic N) is 2. The van der Waals surface area contributed by atoms with E-state index in [-0.39, 0.29) is 25.0 Å². The Hall–Kier alpha value is -1.79. The topological polar surface area (TPSA) is 49.5 Å². The number of alkyl halides is 1. The summed E-state index contributed by atoms with van der Waals surface area (Å²) in [5.74, 6) is 0.563. The molecule has 0 bridgehead atoms. The molecular formula is C15H16F2N2O2. The van der Waals surface area contributed by atoms with Crippen molar-refractivity contribution >= 4 is 0 Å². The monoisotopic (exact) mass is 294 g/mol. The van der Waals surface area contributed by atoms with Gasteiger partial charge in [-0.15, -0.1) is 0 Å². The number of likely N-dealkylation sites (tertiary alicyclic amines) is 1. The van der Waals surface area contributed by atoms with Crippen molar-refractivity contribution in [3.8, 4) is 11.3 Å². The van der Waals surface area contributed by atoms with Gasteiger partial charge in [0.15, 0.2) is 5.76 Å². The van der Waals surface area contributed by atoms with E-state index in [1.54, 1.807) is 12.1 Å². The molecule has 2 aromatic rings. The molecule has 6 heteroatoms. The minimum Gasteiger partial charge on any atom is -0.439 e. The van der Waals surface area contributed by atoms with Crippen LogP contribution in [0.25, 0.3) is 11.3 Å². The average molecular weight is 294 g/mol. The molecular weight excluding hydrogens is 278 g/mol.